The number of nitrogens with one attached hydrogen (secondary N) is 2. The molecule has 5 nitrogen and oxygen atoms in total. The number of benzene rings is 1. The summed E-state index contributed by atoms with van der Waals surface area (Å²) in [6.07, 6.45) is 2.28. The highest BCUT2D eigenvalue weighted by Gasteiger charge is 2.14. The predicted molar refractivity (Wildman–Crippen MR) is 110 cm³/mol. The smallest absolute Gasteiger partial charge is 0.191 e. The normalized spacial score (nSPS) is 15.0. The Morgan fingerprint density at radius 2 is 2.04 bits per heavy atom. The van der Waals surface area contributed by atoms with Gasteiger partial charge in [0.05, 0.1) is 12.2 Å². The number of thiazole rings is 1. The molecule has 0 spiro atoms. The van der Waals surface area contributed by atoms with Crippen molar-refractivity contribution < 1.29 is 0 Å². The molecular formula is C20H29N5S. The highest BCUT2D eigenvalue weighted by molar-refractivity contribution is 7.11. The van der Waals surface area contributed by atoms with Gasteiger partial charge in [-0.3, -0.25) is 9.89 Å². The van der Waals surface area contributed by atoms with E-state index in [1.54, 1.807) is 11.3 Å². The first-order valence-electron chi connectivity index (χ1n) is 9.32. The zero-order chi connectivity index (χ0) is 18.4. The molecule has 2 aromatic rings. The molecule has 0 unspecified atom stereocenters. The van der Waals surface area contributed by atoms with E-state index >= 15 is 0 Å². The van der Waals surface area contributed by atoms with Gasteiger partial charge in [-0.15, -0.1) is 11.3 Å². The second kappa shape index (κ2) is 9.14. The van der Waals surface area contributed by atoms with Crippen molar-refractivity contribution in [2.24, 2.45) is 4.99 Å². The van der Waals surface area contributed by atoms with E-state index in [1.165, 1.54) is 22.4 Å². The third-order valence-electron chi connectivity index (χ3n) is 4.86. The summed E-state index contributed by atoms with van der Waals surface area (Å²) >= 11 is 1.75. The van der Waals surface area contributed by atoms with Crippen LogP contribution in [-0.2, 0) is 19.5 Å². The summed E-state index contributed by atoms with van der Waals surface area (Å²) in [5.41, 5.74) is 4.12. The van der Waals surface area contributed by atoms with Crippen LogP contribution in [0.5, 0.6) is 0 Å². The number of nitrogens with zero attached hydrogens (tertiary/aromatic N) is 3. The van der Waals surface area contributed by atoms with Crippen LogP contribution in [0.2, 0.25) is 0 Å². The van der Waals surface area contributed by atoms with Crippen molar-refractivity contribution in [1.29, 1.82) is 0 Å². The Labute approximate surface area is 160 Å². The molecule has 0 amide bonds. The fraction of sp³-hybridized carbons (Fsp3) is 0.500. The Kier molecular flexibility index (Phi) is 6.63. The minimum atomic E-state index is 0.724. The molecule has 1 aromatic heterocycles. The fourth-order valence-corrected chi connectivity index (χ4v) is 4.12. The standard InChI is InChI=1S/C20H29N5S/c1-15-16(2)26-19(24-15)13-23-20(21-3)22-10-6-11-25-12-9-17-7-4-5-8-18(17)14-25/h4-5,7-8H,6,9-14H2,1-3H3,(H2,21,22,23). The SMILES string of the molecule is CN=C(NCCCN1CCc2ccccc2C1)NCc1nc(C)c(C)s1. The van der Waals surface area contributed by atoms with E-state index < -0.39 is 0 Å². The first-order chi connectivity index (χ1) is 12.7. The minimum Gasteiger partial charge on any atom is -0.356 e. The Hall–Kier alpha value is -1.92. The van der Waals surface area contributed by atoms with Crippen LogP contribution in [0.3, 0.4) is 0 Å². The molecular weight excluding hydrogens is 342 g/mol. The Morgan fingerprint density at radius 3 is 2.77 bits per heavy atom. The van der Waals surface area contributed by atoms with E-state index in [1.807, 2.05) is 7.05 Å². The molecule has 0 saturated carbocycles. The topological polar surface area (TPSA) is 52.6 Å². The molecule has 0 atom stereocenters. The lowest BCUT2D eigenvalue weighted by Crippen LogP contribution is -2.39. The van der Waals surface area contributed by atoms with Gasteiger partial charge in [-0.25, -0.2) is 4.98 Å². The maximum atomic E-state index is 4.56. The van der Waals surface area contributed by atoms with Gasteiger partial charge in [-0.1, -0.05) is 24.3 Å². The number of guanidine groups is 1. The summed E-state index contributed by atoms with van der Waals surface area (Å²) in [6, 6.07) is 8.80. The monoisotopic (exact) mass is 371 g/mol. The summed E-state index contributed by atoms with van der Waals surface area (Å²) < 4.78 is 0. The van der Waals surface area contributed by atoms with E-state index in [0.717, 1.165) is 55.8 Å². The number of fused-ring (bicyclic) bond motifs is 1. The molecule has 0 aliphatic carbocycles. The average molecular weight is 372 g/mol. The van der Waals surface area contributed by atoms with Gasteiger partial charge in [0.15, 0.2) is 5.96 Å². The molecule has 1 aliphatic rings. The Bertz CT molecular complexity index is 733. The van der Waals surface area contributed by atoms with Gasteiger partial charge in [-0.2, -0.15) is 0 Å². The maximum absolute atomic E-state index is 4.56. The van der Waals surface area contributed by atoms with Crippen LogP contribution < -0.4 is 10.6 Å². The predicted octanol–water partition coefficient (Wildman–Crippen LogP) is 2.87. The van der Waals surface area contributed by atoms with Crippen molar-refractivity contribution >= 4 is 17.3 Å². The molecule has 0 fully saturated rings. The van der Waals surface area contributed by atoms with E-state index in [9.17, 15) is 0 Å². The third-order valence-corrected chi connectivity index (χ3v) is 5.93. The van der Waals surface area contributed by atoms with Crippen molar-refractivity contribution in [3.05, 3.63) is 51.0 Å². The summed E-state index contributed by atoms with van der Waals surface area (Å²) in [6.45, 7) is 9.17. The van der Waals surface area contributed by atoms with Crippen LogP contribution in [0.4, 0.5) is 0 Å². The maximum Gasteiger partial charge on any atom is 0.191 e. The van der Waals surface area contributed by atoms with Crippen LogP contribution >= 0.6 is 11.3 Å². The highest BCUT2D eigenvalue weighted by Crippen LogP contribution is 2.18. The number of aryl methyl sites for hydroxylation is 2. The van der Waals surface area contributed by atoms with Crippen molar-refractivity contribution in [3.63, 3.8) is 0 Å². The van der Waals surface area contributed by atoms with Gasteiger partial charge in [0.25, 0.3) is 0 Å². The van der Waals surface area contributed by atoms with Gasteiger partial charge in [0, 0.05) is 38.1 Å². The average Bonchev–Trinajstić information content (AvgIpc) is 2.98. The van der Waals surface area contributed by atoms with E-state index in [4.69, 9.17) is 0 Å². The fourth-order valence-electron chi connectivity index (χ4n) is 3.25. The molecule has 0 radical (unpaired) electrons. The number of aliphatic imine (C=N–C) groups is 1. The second-order valence-electron chi connectivity index (χ2n) is 6.75. The van der Waals surface area contributed by atoms with Crippen molar-refractivity contribution in [2.75, 3.05) is 26.7 Å². The van der Waals surface area contributed by atoms with Crippen LogP contribution in [0.1, 0.15) is 33.1 Å². The summed E-state index contributed by atoms with van der Waals surface area (Å²) in [5.74, 6) is 0.847. The second-order valence-corrected chi connectivity index (χ2v) is 8.04. The van der Waals surface area contributed by atoms with Gasteiger partial charge < -0.3 is 10.6 Å². The number of aromatic nitrogens is 1. The lowest BCUT2D eigenvalue weighted by atomic mass is 10.00. The zero-order valence-corrected chi connectivity index (χ0v) is 16.8. The van der Waals surface area contributed by atoms with Crippen LogP contribution in [-0.4, -0.2) is 42.5 Å². The molecule has 26 heavy (non-hydrogen) atoms. The molecule has 1 aromatic carbocycles. The zero-order valence-electron chi connectivity index (χ0n) is 16.0. The lowest BCUT2D eigenvalue weighted by Gasteiger charge is -2.28. The molecule has 1 aliphatic heterocycles. The quantitative estimate of drug-likeness (QED) is 0.466. The summed E-state index contributed by atoms with van der Waals surface area (Å²) in [7, 11) is 1.81. The van der Waals surface area contributed by atoms with E-state index in [0.29, 0.717) is 0 Å². The first kappa shape index (κ1) is 18.9. The number of rotatable bonds is 6. The van der Waals surface area contributed by atoms with E-state index in [2.05, 4.69) is 63.6 Å². The van der Waals surface area contributed by atoms with Crippen molar-refractivity contribution in [3.8, 4) is 0 Å². The molecule has 6 heteroatoms. The minimum absolute atomic E-state index is 0.724. The summed E-state index contributed by atoms with van der Waals surface area (Å²) in [5, 5.41) is 7.87. The number of hydrogen-bond acceptors (Lipinski definition) is 4. The Balaban J connectivity index is 1.36. The number of hydrogen-bond donors (Lipinski definition) is 2. The van der Waals surface area contributed by atoms with Crippen molar-refractivity contribution in [1.82, 2.24) is 20.5 Å². The third kappa shape index (κ3) is 5.05. The van der Waals surface area contributed by atoms with E-state index in [-0.39, 0.29) is 0 Å². The Morgan fingerprint density at radius 1 is 1.23 bits per heavy atom. The first-order valence-corrected chi connectivity index (χ1v) is 10.1. The molecule has 3 rings (SSSR count). The van der Waals surface area contributed by atoms with Gasteiger partial charge in [0.2, 0.25) is 0 Å². The van der Waals surface area contributed by atoms with Crippen LogP contribution in [0, 0.1) is 13.8 Å². The molecule has 2 heterocycles. The van der Waals surface area contributed by atoms with Crippen molar-refractivity contribution in [2.45, 2.75) is 39.8 Å². The molecule has 0 saturated heterocycles. The highest BCUT2D eigenvalue weighted by atomic mass is 32.1. The van der Waals surface area contributed by atoms with Gasteiger partial charge in [0.1, 0.15) is 5.01 Å². The largest absolute Gasteiger partial charge is 0.356 e. The lowest BCUT2D eigenvalue weighted by molar-refractivity contribution is 0.251. The molecule has 0 bridgehead atoms. The van der Waals surface area contributed by atoms with Crippen LogP contribution in [0.15, 0.2) is 29.3 Å². The van der Waals surface area contributed by atoms with Gasteiger partial charge in [-0.05, 0) is 37.8 Å². The van der Waals surface area contributed by atoms with Gasteiger partial charge >= 0.3 is 0 Å². The van der Waals surface area contributed by atoms with Crippen LogP contribution in [0.25, 0.3) is 0 Å². The summed E-state index contributed by atoms with van der Waals surface area (Å²) in [4.78, 5) is 12.7. The molecule has 2 N–H and O–H groups in total. The molecule has 140 valence electrons.